The van der Waals surface area contributed by atoms with Crippen molar-refractivity contribution < 1.29 is 23.1 Å². The summed E-state index contributed by atoms with van der Waals surface area (Å²) in [6, 6.07) is 0. The van der Waals surface area contributed by atoms with Crippen LogP contribution in [0, 0.1) is 0 Å². The molecule has 0 saturated carbocycles. The minimum atomic E-state index is -4.68. The number of halogens is 3. The predicted molar refractivity (Wildman–Crippen MR) is 58.0 cm³/mol. The molecule has 8 heteroatoms. The first-order chi connectivity index (χ1) is 8.32. The number of rotatable bonds is 3. The third-order valence-corrected chi connectivity index (χ3v) is 3.50. The van der Waals surface area contributed by atoms with Crippen molar-refractivity contribution in [3.8, 4) is 0 Å². The van der Waals surface area contributed by atoms with Gasteiger partial charge in [0.05, 0.1) is 24.3 Å². The maximum Gasteiger partial charge on any atom is 0.420 e. The molecule has 1 aliphatic heterocycles. The molecule has 0 bridgehead atoms. The summed E-state index contributed by atoms with van der Waals surface area (Å²) in [4.78, 5) is 16.5. The average molecular weight is 280 g/mol. The van der Waals surface area contributed by atoms with Gasteiger partial charge in [0.1, 0.15) is 0 Å². The predicted octanol–water partition coefficient (Wildman–Crippen LogP) is 1.21. The Labute approximate surface area is 105 Å². The Kier molecular flexibility index (Phi) is 3.33. The monoisotopic (exact) mass is 280 g/mol. The molecule has 1 saturated heterocycles. The summed E-state index contributed by atoms with van der Waals surface area (Å²) < 4.78 is 37.0. The SMILES string of the molecule is O=C(CCc1cscn1)N1CC(O)(C(F)(F)F)C1. The number of carbonyl (C=O) groups excluding carboxylic acids is 1. The van der Waals surface area contributed by atoms with Gasteiger partial charge >= 0.3 is 6.18 Å². The lowest BCUT2D eigenvalue weighted by molar-refractivity contribution is -0.297. The number of nitrogens with zero attached hydrogens (tertiary/aromatic N) is 2. The third-order valence-electron chi connectivity index (χ3n) is 2.86. The molecule has 0 aromatic carbocycles. The molecule has 1 aromatic heterocycles. The Hall–Kier alpha value is -1.15. The maximum atomic E-state index is 12.3. The van der Waals surface area contributed by atoms with E-state index in [-0.39, 0.29) is 6.42 Å². The highest BCUT2D eigenvalue weighted by molar-refractivity contribution is 7.07. The second-order valence-corrected chi connectivity index (χ2v) is 4.98. The summed E-state index contributed by atoms with van der Waals surface area (Å²) in [6.45, 7) is -1.35. The van der Waals surface area contributed by atoms with Crippen molar-refractivity contribution >= 4 is 17.2 Å². The summed E-state index contributed by atoms with van der Waals surface area (Å²) in [7, 11) is 0. The molecule has 4 nitrogen and oxygen atoms in total. The Morgan fingerprint density at radius 1 is 1.56 bits per heavy atom. The zero-order valence-electron chi connectivity index (χ0n) is 9.28. The highest BCUT2D eigenvalue weighted by atomic mass is 32.1. The van der Waals surface area contributed by atoms with E-state index in [9.17, 15) is 23.1 Å². The fourth-order valence-electron chi connectivity index (χ4n) is 1.69. The van der Waals surface area contributed by atoms with Crippen LogP contribution >= 0.6 is 11.3 Å². The Morgan fingerprint density at radius 3 is 2.72 bits per heavy atom. The molecule has 0 unspecified atom stereocenters. The zero-order valence-corrected chi connectivity index (χ0v) is 10.1. The van der Waals surface area contributed by atoms with E-state index in [1.54, 1.807) is 10.9 Å². The van der Waals surface area contributed by atoms with E-state index in [1.165, 1.54) is 11.3 Å². The van der Waals surface area contributed by atoms with E-state index in [4.69, 9.17) is 0 Å². The van der Waals surface area contributed by atoms with Crippen molar-refractivity contribution in [2.75, 3.05) is 13.1 Å². The normalized spacial score (nSPS) is 18.6. The number of hydrogen-bond donors (Lipinski definition) is 1. The van der Waals surface area contributed by atoms with Gasteiger partial charge < -0.3 is 10.0 Å². The molecule has 18 heavy (non-hydrogen) atoms. The molecule has 1 N–H and O–H groups in total. The number of hydrogen-bond acceptors (Lipinski definition) is 4. The van der Waals surface area contributed by atoms with Gasteiger partial charge in [0, 0.05) is 11.8 Å². The van der Waals surface area contributed by atoms with E-state index in [2.05, 4.69) is 4.98 Å². The highest BCUT2D eigenvalue weighted by Gasteiger charge is 2.61. The van der Waals surface area contributed by atoms with Crippen molar-refractivity contribution in [2.45, 2.75) is 24.6 Å². The summed E-state index contributed by atoms with van der Waals surface area (Å²) >= 11 is 1.40. The number of likely N-dealkylation sites (tertiary alicyclic amines) is 1. The Bertz CT molecular complexity index is 427. The van der Waals surface area contributed by atoms with Crippen molar-refractivity contribution in [3.05, 3.63) is 16.6 Å². The van der Waals surface area contributed by atoms with Crippen molar-refractivity contribution in [3.63, 3.8) is 0 Å². The van der Waals surface area contributed by atoms with Gasteiger partial charge in [-0.25, -0.2) is 4.98 Å². The van der Waals surface area contributed by atoms with Gasteiger partial charge in [0.15, 0.2) is 5.60 Å². The van der Waals surface area contributed by atoms with Crippen LogP contribution in [0.3, 0.4) is 0 Å². The maximum absolute atomic E-state index is 12.3. The van der Waals surface area contributed by atoms with E-state index in [0.29, 0.717) is 6.42 Å². The minimum Gasteiger partial charge on any atom is -0.378 e. The summed E-state index contributed by atoms with van der Waals surface area (Å²) in [6.07, 6.45) is -4.17. The van der Waals surface area contributed by atoms with E-state index in [0.717, 1.165) is 10.6 Å². The van der Waals surface area contributed by atoms with Gasteiger partial charge in [0.25, 0.3) is 0 Å². The van der Waals surface area contributed by atoms with Crippen molar-refractivity contribution in [1.82, 2.24) is 9.88 Å². The van der Waals surface area contributed by atoms with Crippen LogP contribution in [0.2, 0.25) is 0 Å². The molecule has 100 valence electrons. The van der Waals surface area contributed by atoms with Crippen LogP contribution in [0.25, 0.3) is 0 Å². The minimum absolute atomic E-state index is 0.109. The lowest BCUT2D eigenvalue weighted by Crippen LogP contribution is -2.70. The van der Waals surface area contributed by atoms with Crippen LogP contribution in [0.4, 0.5) is 13.2 Å². The molecule has 2 heterocycles. The average Bonchev–Trinajstić information content (AvgIpc) is 2.72. The second kappa shape index (κ2) is 4.51. The van der Waals surface area contributed by atoms with Gasteiger partial charge in [-0.05, 0) is 6.42 Å². The number of aryl methyl sites for hydroxylation is 1. The first-order valence-corrected chi connectivity index (χ1v) is 6.20. The van der Waals surface area contributed by atoms with Crippen LogP contribution < -0.4 is 0 Å². The van der Waals surface area contributed by atoms with Gasteiger partial charge in [-0.2, -0.15) is 13.2 Å². The summed E-state index contributed by atoms with van der Waals surface area (Å²) in [5.74, 6) is -0.392. The topological polar surface area (TPSA) is 53.4 Å². The van der Waals surface area contributed by atoms with Crippen molar-refractivity contribution in [1.29, 1.82) is 0 Å². The smallest absolute Gasteiger partial charge is 0.378 e. The van der Waals surface area contributed by atoms with Gasteiger partial charge in [-0.15, -0.1) is 11.3 Å². The number of aliphatic hydroxyl groups is 1. The Morgan fingerprint density at radius 2 is 2.22 bits per heavy atom. The van der Waals surface area contributed by atoms with Gasteiger partial charge in [-0.3, -0.25) is 4.79 Å². The molecule has 0 atom stereocenters. The summed E-state index contributed by atoms with van der Waals surface area (Å²) in [5.41, 5.74) is -0.352. The number of carbonyl (C=O) groups is 1. The van der Waals surface area contributed by atoms with Gasteiger partial charge in [-0.1, -0.05) is 0 Å². The molecule has 2 rings (SSSR count). The lowest BCUT2D eigenvalue weighted by atomic mass is 9.93. The number of amides is 1. The van der Waals surface area contributed by atoms with E-state index < -0.39 is 30.8 Å². The second-order valence-electron chi connectivity index (χ2n) is 4.26. The Balaban J connectivity index is 1.80. The molecule has 1 aliphatic rings. The molecule has 0 radical (unpaired) electrons. The lowest BCUT2D eigenvalue weighted by Gasteiger charge is -2.46. The molecule has 1 fully saturated rings. The fraction of sp³-hybridized carbons (Fsp3) is 0.600. The molecule has 1 amide bonds. The van der Waals surface area contributed by atoms with Crippen LogP contribution in [0.5, 0.6) is 0 Å². The molecule has 0 aliphatic carbocycles. The number of aromatic nitrogens is 1. The number of thiazole rings is 1. The summed E-state index contributed by atoms with van der Waals surface area (Å²) in [5, 5.41) is 11.0. The molecular weight excluding hydrogens is 269 g/mol. The van der Waals surface area contributed by atoms with Gasteiger partial charge in [0.2, 0.25) is 5.91 Å². The van der Waals surface area contributed by atoms with E-state index >= 15 is 0 Å². The molecule has 0 spiro atoms. The first kappa shape index (κ1) is 13.3. The first-order valence-electron chi connectivity index (χ1n) is 5.26. The van der Waals surface area contributed by atoms with Crippen LogP contribution in [0.1, 0.15) is 12.1 Å². The fourth-order valence-corrected chi connectivity index (χ4v) is 2.29. The quantitative estimate of drug-likeness (QED) is 0.905. The zero-order chi connectivity index (χ0) is 13.4. The van der Waals surface area contributed by atoms with Crippen LogP contribution in [-0.2, 0) is 11.2 Å². The number of β-amino-alcohol motifs (C(OH)–C–C–N with tert-alkyl or cyclic N) is 1. The standard InChI is InChI=1S/C10H11F3N2O2S/c11-10(12,13)9(17)4-15(5-9)8(16)2-1-7-3-18-6-14-7/h3,6,17H,1-2,4-5H2. The van der Waals surface area contributed by atoms with Crippen molar-refractivity contribution in [2.24, 2.45) is 0 Å². The molecular formula is C10H11F3N2O2S. The molecule has 1 aromatic rings. The highest BCUT2D eigenvalue weighted by Crippen LogP contribution is 2.37. The third kappa shape index (κ3) is 2.49. The van der Waals surface area contributed by atoms with E-state index in [1.807, 2.05) is 0 Å². The number of alkyl halides is 3. The van der Waals surface area contributed by atoms with Crippen LogP contribution in [-0.4, -0.2) is 45.8 Å². The largest absolute Gasteiger partial charge is 0.420 e. The van der Waals surface area contributed by atoms with Crippen LogP contribution in [0.15, 0.2) is 10.9 Å².